The van der Waals surface area contributed by atoms with Crippen LogP contribution in [0, 0.1) is 5.82 Å². The van der Waals surface area contributed by atoms with Crippen LogP contribution in [-0.4, -0.2) is 34.6 Å². The number of carbonyl (C=O) groups is 1. The van der Waals surface area contributed by atoms with Gasteiger partial charge in [-0.25, -0.2) is 4.39 Å². The Bertz CT molecular complexity index is 1190. The molecule has 0 aliphatic carbocycles. The number of amides is 1. The van der Waals surface area contributed by atoms with E-state index in [0.29, 0.717) is 37.0 Å². The van der Waals surface area contributed by atoms with Crippen molar-refractivity contribution in [1.29, 1.82) is 0 Å². The van der Waals surface area contributed by atoms with E-state index >= 15 is 0 Å². The molecule has 0 aliphatic rings. The Morgan fingerprint density at radius 2 is 1.79 bits per heavy atom. The van der Waals surface area contributed by atoms with E-state index in [-0.39, 0.29) is 18.1 Å². The number of rotatable bonds is 9. The van der Waals surface area contributed by atoms with Crippen LogP contribution >= 0.6 is 0 Å². The fourth-order valence-electron chi connectivity index (χ4n) is 3.45. The minimum Gasteiger partial charge on any atom is -0.497 e. The van der Waals surface area contributed by atoms with Gasteiger partial charge in [0.25, 0.3) is 0 Å². The molecule has 0 N–H and O–H groups in total. The van der Waals surface area contributed by atoms with Crippen molar-refractivity contribution in [1.82, 2.24) is 15.0 Å². The van der Waals surface area contributed by atoms with Crippen LogP contribution in [0.15, 0.2) is 83.4 Å². The molecule has 0 spiro atoms. The maximum Gasteiger partial charge on any atom is 0.228 e. The first-order chi connectivity index (χ1) is 16.1. The Hall–Kier alpha value is -4.00. The van der Waals surface area contributed by atoms with Gasteiger partial charge in [0.2, 0.25) is 17.6 Å². The largest absolute Gasteiger partial charge is 0.497 e. The van der Waals surface area contributed by atoms with E-state index in [0.717, 1.165) is 16.7 Å². The number of benzene rings is 3. The third kappa shape index (κ3) is 6.04. The minimum atomic E-state index is -0.324. The summed E-state index contributed by atoms with van der Waals surface area (Å²) in [5.74, 6) is 1.24. The van der Waals surface area contributed by atoms with E-state index in [9.17, 15) is 9.18 Å². The number of hydrogen-bond donors (Lipinski definition) is 0. The van der Waals surface area contributed by atoms with Crippen LogP contribution < -0.4 is 4.74 Å². The quantitative estimate of drug-likeness (QED) is 0.374. The Kier molecular flexibility index (Phi) is 7.09. The van der Waals surface area contributed by atoms with Crippen molar-refractivity contribution in [3.05, 3.63) is 102 Å². The van der Waals surface area contributed by atoms with Crippen molar-refractivity contribution in [2.75, 3.05) is 13.7 Å². The highest BCUT2D eigenvalue weighted by molar-refractivity contribution is 5.78. The second-order valence-electron chi connectivity index (χ2n) is 7.60. The Morgan fingerprint density at radius 1 is 1.00 bits per heavy atom. The highest BCUT2D eigenvalue weighted by Crippen LogP contribution is 2.21. The molecule has 4 rings (SSSR count). The summed E-state index contributed by atoms with van der Waals surface area (Å²) in [5.41, 5.74) is 2.57. The molecule has 7 heteroatoms. The van der Waals surface area contributed by atoms with Crippen LogP contribution in [0.3, 0.4) is 0 Å². The van der Waals surface area contributed by atoms with Gasteiger partial charge in [-0.2, -0.15) is 4.98 Å². The molecule has 1 aromatic heterocycles. The molecule has 0 bridgehead atoms. The summed E-state index contributed by atoms with van der Waals surface area (Å²) >= 11 is 0. The first kappa shape index (κ1) is 22.2. The Balaban J connectivity index is 1.46. The number of halogens is 1. The lowest BCUT2D eigenvalue weighted by atomic mass is 10.1. The fraction of sp³-hybridized carbons (Fsp3) is 0.192. The normalized spacial score (nSPS) is 10.7. The van der Waals surface area contributed by atoms with Crippen LogP contribution in [0.1, 0.15) is 17.0 Å². The molecule has 0 saturated carbocycles. The van der Waals surface area contributed by atoms with E-state index in [2.05, 4.69) is 10.1 Å². The fourth-order valence-corrected chi connectivity index (χ4v) is 3.45. The molecule has 168 valence electrons. The monoisotopic (exact) mass is 445 g/mol. The summed E-state index contributed by atoms with van der Waals surface area (Å²) in [7, 11) is 1.60. The third-order valence-electron chi connectivity index (χ3n) is 5.23. The van der Waals surface area contributed by atoms with E-state index < -0.39 is 0 Å². The summed E-state index contributed by atoms with van der Waals surface area (Å²) < 4.78 is 23.9. The van der Waals surface area contributed by atoms with Crippen LogP contribution in [-0.2, 0) is 24.2 Å². The molecule has 1 amide bonds. The number of methoxy groups -OCH3 is 1. The molecule has 3 aromatic carbocycles. The van der Waals surface area contributed by atoms with E-state index in [1.54, 1.807) is 24.1 Å². The van der Waals surface area contributed by atoms with Crippen LogP contribution in [0.5, 0.6) is 5.75 Å². The molecule has 33 heavy (non-hydrogen) atoms. The van der Waals surface area contributed by atoms with Gasteiger partial charge in [0, 0.05) is 25.1 Å². The Morgan fingerprint density at radius 3 is 2.55 bits per heavy atom. The standard InChI is InChI=1S/C26H24FN3O3/c1-32-23-9-5-8-21(17-23)26-28-24(33-29-26)14-15-30(18-20-6-3-2-4-7-20)25(31)16-19-10-12-22(27)13-11-19/h2-13,17H,14-16,18H2,1H3. The smallest absolute Gasteiger partial charge is 0.228 e. The zero-order chi connectivity index (χ0) is 23.0. The number of ether oxygens (including phenoxy) is 1. The number of aromatic nitrogens is 2. The van der Waals surface area contributed by atoms with Crippen molar-refractivity contribution in [2.24, 2.45) is 0 Å². The average Bonchev–Trinajstić information content (AvgIpc) is 3.33. The lowest BCUT2D eigenvalue weighted by Crippen LogP contribution is -2.33. The average molecular weight is 445 g/mol. The molecule has 0 radical (unpaired) electrons. The summed E-state index contributed by atoms with van der Waals surface area (Å²) in [6, 6.07) is 23.2. The predicted molar refractivity (Wildman–Crippen MR) is 122 cm³/mol. The van der Waals surface area contributed by atoms with Gasteiger partial charge in [-0.3, -0.25) is 4.79 Å². The van der Waals surface area contributed by atoms with Crippen LogP contribution in [0.4, 0.5) is 4.39 Å². The molecular formula is C26H24FN3O3. The van der Waals surface area contributed by atoms with Crippen molar-refractivity contribution >= 4 is 5.91 Å². The van der Waals surface area contributed by atoms with E-state index in [1.807, 2.05) is 54.6 Å². The molecule has 6 nitrogen and oxygen atoms in total. The number of nitrogens with zero attached hydrogens (tertiary/aromatic N) is 3. The van der Waals surface area contributed by atoms with Gasteiger partial charge in [0.1, 0.15) is 11.6 Å². The lowest BCUT2D eigenvalue weighted by Gasteiger charge is -2.22. The molecule has 0 aliphatic heterocycles. The zero-order valence-electron chi connectivity index (χ0n) is 18.3. The topological polar surface area (TPSA) is 68.5 Å². The first-order valence-electron chi connectivity index (χ1n) is 10.6. The molecule has 0 atom stereocenters. The maximum absolute atomic E-state index is 13.2. The molecule has 0 saturated heterocycles. The van der Waals surface area contributed by atoms with Gasteiger partial charge in [-0.05, 0) is 35.4 Å². The second kappa shape index (κ2) is 10.5. The van der Waals surface area contributed by atoms with Gasteiger partial charge in [0.05, 0.1) is 13.5 Å². The van der Waals surface area contributed by atoms with E-state index in [4.69, 9.17) is 9.26 Å². The van der Waals surface area contributed by atoms with E-state index in [1.165, 1.54) is 12.1 Å². The van der Waals surface area contributed by atoms with Crippen LogP contribution in [0.25, 0.3) is 11.4 Å². The Labute approximate surface area is 191 Å². The summed E-state index contributed by atoms with van der Waals surface area (Å²) in [6.07, 6.45) is 0.602. The second-order valence-corrected chi connectivity index (χ2v) is 7.60. The van der Waals surface area contributed by atoms with Gasteiger partial charge in [-0.1, -0.05) is 59.8 Å². The third-order valence-corrected chi connectivity index (χ3v) is 5.23. The molecule has 1 heterocycles. The minimum absolute atomic E-state index is 0.0574. The zero-order valence-corrected chi connectivity index (χ0v) is 18.3. The summed E-state index contributed by atoms with van der Waals surface area (Å²) in [4.78, 5) is 19.3. The first-order valence-corrected chi connectivity index (χ1v) is 10.6. The van der Waals surface area contributed by atoms with Gasteiger partial charge in [0.15, 0.2) is 0 Å². The highest BCUT2D eigenvalue weighted by atomic mass is 19.1. The highest BCUT2D eigenvalue weighted by Gasteiger charge is 2.17. The SMILES string of the molecule is COc1cccc(-c2noc(CCN(Cc3ccccc3)C(=O)Cc3ccc(F)cc3)n2)c1. The molecular weight excluding hydrogens is 421 g/mol. The molecule has 0 unspecified atom stereocenters. The number of hydrogen-bond acceptors (Lipinski definition) is 5. The molecule has 0 fully saturated rings. The van der Waals surface area contributed by atoms with Gasteiger partial charge >= 0.3 is 0 Å². The number of carbonyl (C=O) groups excluding carboxylic acids is 1. The maximum atomic E-state index is 13.2. The van der Waals surface area contributed by atoms with Crippen LogP contribution in [0.2, 0.25) is 0 Å². The lowest BCUT2D eigenvalue weighted by molar-refractivity contribution is -0.131. The van der Waals surface area contributed by atoms with Crippen molar-refractivity contribution in [3.8, 4) is 17.1 Å². The van der Waals surface area contributed by atoms with Crippen molar-refractivity contribution < 1.29 is 18.4 Å². The predicted octanol–water partition coefficient (Wildman–Crippen LogP) is 4.70. The van der Waals surface area contributed by atoms with Gasteiger partial charge < -0.3 is 14.2 Å². The van der Waals surface area contributed by atoms with Crippen molar-refractivity contribution in [2.45, 2.75) is 19.4 Å². The van der Waals surface area contributed by atoms with Crippen molar-refractivity contribution in [3.63, 3.8) is 0 Å². The molecule has 4 aromatic rings. The summed E-state index contributed by atoms with van der Waals surface area (Å²) in [5, 5.41) is 4.06. The summed E-state index contributed by atoms with van der Waals surface area (Å²) in [6.45, 7) is 0.867. The van der Waals surface area contributed by atoms with Gasteiger partial charge in [-0.15, -0.1) is 0 Å².